The van der Waals surface area contributed by atoms with Crippen LogP contribution in [0.5, 0.6) is 0 Å². The number of halogens is 1. The number of hydrogen-bond acceptors (Lipinski definition) is 5. The largest absolute Gasteiger partial charge is 0.353 e. The predicted octanol–water partition coefficient (Wildman–Crippen LogP) is 4.76. The van der Waals surface area contributed by atoms with Crippen LogP contribution in [0.3, 0.4) is 0 Å². The Hall–Kier alpha value is -4.46. The molecule has 0 amide bonds. The molecule has 8 heteroatoms. The summed E-state index contributed by atoms with van der Waals surface area (Å²) in [4.78, 5) is 20.8. The van der Waals surface area contributed by atoms with E-state index in [9.17, 15) is 4.39 Å². The van der Waals surface area contributed by atoms with Gasteiger partial charge in [-0.15, -0.1) is 0 Å². The van der Waals surface area contributed by atoms with Gasteiger partial charge in [0.2, 0.25) is 0 Å². The Bertz CT molecular complexity index is 1550. The molecule has 0 bridgehead atoms. The number of H-pyrrole nitrogens is 2. The highest BCUT2D eigenvalue weighted by Crippen LogP contribution is 2.33. The molecule has 0 unspecified atom stereocenters. The maximum atomic E-state index is 13.8. The third kappa shape index (κ3) is 2.93. The van der Waals surface area contributed by atoms with Crippen LogP contribution >= 0.6 is 0 Å². The molecule has 2 N–H and O–H groups in total. The van der Waals surface area contributed by atoms with E-state index in [1.54, 1.807) is 24.7 Å². The van der Waals surface area contributed by atoms with Crippen molar-refractivity contribution in [3.8, 4) is 33.9 Å². The number of aromatic nitrogens is 7. The Kier molecular flexibility index (Phi) is 3.82. The molecule has 0 saturated carbocycles. The van der Waals surface area contributed by atoms with Gasteiger partial charge in [-0.1, -0.05) is 12.1 Å². The van der Waals surface area contributed by atoms with Crippen LogP contribution in [-0.2, 0) is 0 Å². The van der Waals surface area contributed by atoms with Crippen molar-refractivity contribution in [1.29, 1.82) is 0 Å². The fourth-order valence-corrected chi connectivity index (χ4v) is 3.73. The molecule has 1 aromatic carbocycles. The summed E-state index contributed by atoms with van der Waals surface area (Å²) in [7, 11) is 0. The standard InChI is InChI=1S/C23H14FN7/c24-15-3-1-2-13(8-15)21-16-9-20(28-18(16)6-7-27-21)23-22-19(30-31-23)5-4-17(29-22)14-10-25-12-26-11-14/h1-12,28H,(H,30,31). The van der Waals surface area contributed by atoms with Crippen molar-refractivity contribution in [2.75, 3.05) is 0 Å². The fourth-order valence-electron chi connectivity index (χ4n) is 3.73. The molecule has 0 aliphatic rings. The number of rotatable bonds is 3. The first-order valence-electron chi connectivity index (χ1n) is 9.61. The highest BCUT2D eigenvalue weighted by atomic mass is 19.1. The second kappa shape index (κ2) is 6.81. The summed E-state index contributed by atoms with van der Waals surface area (Å²) < 4.78 is 13.8. The average molecular weight is 407 g/mol. The number of fused-ring (bicyclic) bond motifs is 2. The van der Waals surface area contributed by atoms with Crippen molar-refractivity contribution in [2.24, 2.45) is 0 Å². The molecular formula is C23H14FN7. The van der Waals surface area contributed by atoms with Gasteiger partial charge in [0.05, 0.1) is 22.6 Å². The molecule has 7 nitrogen and oxygen atoms in total. The number of pyridine rings is 2. The smallest absolute Gasteiger partial charge is 0.135 e. The summed E-state index contributed by atoms with van der Waals surface area (Å²) in [5.41, 5.74) is 6.91. The summed E-state index contributed by atoms with van der Waals surface area (Å²) >= 11 is 0. The number of nitrogens with one attached hydrogen (secondary N) is 2. The molecule has 31 heavy (non-hydrogen) atoms. The molecule has 0 fully saturated rings. The first kappa shape index (κ1) is 17.4. The third-order valence-corrected chi connectivity index (χ3v) is 5.17. The summed E-state index contributed by atoms with van der Waals surface area (Å²) in [6.07, 6.45) is 6.64. The van der Waals surface area contributed by atoms with E-state index in [0.29, 0.717) is 17.0 Å². The molecule has 5 heterocycles. The summed E-state index contributed by atoms with van der Waals surface area (Å²) in [6, 6.07) is 14.1. The van der Waals surface area contributed by atoms with E-state index in [1.165, 1.54) is 18.5 Å². The van der Waals surface area contributed by atoms with Crippen molar-refractivity contribution in [2.45, 2.75) is 0 Å². The highest BCUT2D eigenvalue weighted by Gasteiger charge is 2.16. The Morgan fingerprint density at radius 3 is 2.61 bits per heavy atom. The van der Waals surface area contributed by atoms with E-state index < -0.39 is 0 Å². The van der Waals surface area contributed by atoms with Crippen molar-refractivity contribution >= 4 is 21.9 Å². The zero-order valence-corrected chi connectivity index (χ0v) is 16.0. The fraction of sp³-hybridized carbons (Fsp3) is 0. The second-order valence-electron chi connectivity index (χ2n) is 7.11. The lowest BCUT2D eigenvalue weighted by molar-refractivity contribution is 0.628. The van der Waals surface area contributed by atoms with E-state index in [1.807, 2.05) is 30.3 Å². The zero-order chi connectivity index (χ0) is 20.8. The van der Waals surface area contributed by atoms with Gasteiger partial charge >= 0.3 is 0 Å². The molecule has 0 atom stereocenters. The molecule has 0 saturated heterocycles. The normalized spacial score (nSPS) is 11.4. The van der Waals surface area contributed by atoms with Gasteiger partial charge in [-0.3, -0.25) is 10.1 Å². The summed E-state index contributed by atoms with van der Waals surface area (Å²) in [5, 5.41) is 8.40. The van der Waals surface area contributed by atoms with Gasteiger partial charge in [0.1, 0.15) is 23.4 Å². The summed E-state index contributed by atoms with van der Waals surface area (Å²) in [6.45, 7) is 0. The van der Waals surface area contributed by atoms with E-state index in [2.05, 4.69) is 30.1 Å². The van der Waals surface area contributed by atoms with Gasteiger partial charge in [0, 0.05) is 40.6 Å². The van der Waals surface area contributed by atoms with Crippen molar-refractivity contribution < 1.29 is 4.39 Å². The quantitative estimate of drug-likeness (QED) is 0.441. The number of nitrogens with zero attached hydrogens (tertiary/aromatic N) is 5. The van der Waals surface area contributed by atoms with Crippen molar-refractivity contribution in [3.05, 3.63) is 79.3 Å². The van der Waals surface area contributed by atoms with Gasteiger partial charge in [0.15, 0.2) is 0 Å². The van der Waals surface area contributed by atoms with E-state index >= 15 is 0 Å². The van der Waals surface area contributed by atoms with Crippen LogP contribution in [0, 0.1) is 5.82 Å². The minimum atomic E-state index is -0.299. The van der Waals surface area contributed by atoms with Crippen LogP contribution < -0.4 is 0 Å². The Morgan fingerprint density at radius 2 is 1.74 bits per heavy atom. The number of benzene rings is 1. The van der Waals surface area contributed by atoms with Crippen LogP contribution in [0.4, 0.5) is 4.39 Å². The molecule has 6 rings (SSSR count). The van der Waals surface area contributed by atoms with Crippen LogP contribution in [0.1, 0.15) is 0 Å². The SMILES string of the molecule is Fc1cccc(-c2nccc3[nH]c(-c4n[nH]c5ccc(-c6cncnc6)nc45)cc23)c1. The first-order chi connectivity index (χ1) is 15.3. The van der Waals surface area contributed by atoms with Crippen LogP contribution in [0.15, 0.2) is 73.4 Å². The highest BCUT2D eigenvalue weighted by molar-refractivity contribution is 5.99. The first-order valence-corrected chi connectivity index (χ1v) is 9.61. The van der Waals surface area contributed by atoms with E-state index in [-0.39, 0.29) is 5.82 Å². The van der Waals surface area contributed by atoms with Crippen LogP contribution in [-0.4, -0.2) is 35.1 Å². The van der Waals surface area contributed by atoms with Gasteiger partial charge in [-0.25, -0.2) is 19.3 Å². The van der Waals surface area contributed by atoms with Gasteiger partial charge < -0.3 is 4.98 Å². The zero-order valence-electron chi connectivity index (χ0n) is 16.0. The number of hydrogen-bond donors (Lipinski definition) is 2. The average Bonchev–Trinajstić information content (AvgIpc) is 3.43. The van der Waals surface area contributed by atoms with E-state index in [4.69, 9.17) is 4.98 Å². The van der Waals surface area contributed by atoms with Crippen LogP contribution in [0.25, 0.3) is 55.8 Å². The monoisotopic (exact) mass is 407 g/mol. The Labute approximate surface area is 175 Å². The Morgan fingerprint density at radius 1 is 0.839 bits per heavy atom. The molecule has 0 spiro atoms. The molecule has 148 valence electrons. The Balaban J connectivity index is 1.52. The van der Waals surface area contributed by atoms with Crippen LogP contribution in [0.2, 0.25) is 0 Å². The minimum Gasteiger partial charge on any atom is -0.353 e. The molecule has 5 aromatic heterocycles. The van der Waals surface area contributed by atoms with Gasteiger partial charge in [-0.05, 0) is 36.4 Å². The predicted molar refractivity (Wildman–Crippen MR) is 115 cm³/mol. The minimum absolute atomic E-state index is 0.299. The van der Waals surface area contributed by atoms with Crippen molar-refractivity contribution in [3.63, 3.8) is 0 Å². The lowest BCUT2D eigenvalue weighted by Gasteiger charge is -2.02. The molecular weight excluding hydrogens is 393 g/mol. The summed E-state index contributed by atoms with van der Waals surface area (Å²) in [5.74, 6) is -0.299. The lowest BCUT2D eigenvalue weighted by atomic mass is 10.1. The molecule has 0 radical (unpaired) electrons. The maximum Gasteiger partial charge on any atom is 0.135 e. The molecule has 6 aromatic rings. The van der Waals surface area contributed by atoms with E-state index in [0.717, 1.165) is 38.9 Å². The lowest BCUT2D eigenvalue weighted by Crippen LogP contribution is -1.87. The number of aromatic amines is 2. The second-order valence-corrected chi connectivity index (χ2v) is 7.11. The molecule has 0 aliphatic carbocycles. The third-order valence-electron chi connectivity index (χ3n) is 5.17. The van der Waals surface area contributed by atoms with Gasteiger partial charge in [0.25, 0.3) is 0 Å². The molecule has 0 aliphatic heterocycles. The van der Waals surface area contributed by atoms with Gasteiger partial charge in [-0.2, -0.15) is 5.10 Å². The maximum absolute atomic E-state index is 13.8. The van der Waals surface area contributed by atoms with Crippen molar-refractivity contribution in [1.82, 2.24) is 35.1 Å². The topological polar surface area (TPSA) is 96.0 Å².